The van der Waals surface area contributed by atoms with Gasteiger partial charge in [0.15, 0.2) is 0 Å². The predicted molar refractivity (Wildman–Crippen MR) is 84.7 cm³/mol. The minimum absolute atomic E-state index is 0. The molecule has 6 heteroatoms. The number of aromatic carboxylic acids is 1. The van der Waals surface area contributed by atoms with E-state index in [1.165, 1.54) is 18.2 Å². The number of fused-ring (bicyclic) bond motifs is 2. The Kier molecular flexibility index (Phi) is 5.08. The van der Waals surface area contributed by atoms with Gasteiger partial charge in [-0.05, 0) is 62.7 Å². The largest absolute Gasteiger partial charge is 1.00 e. The maximum Gasteiger partial charge on any atom is 1.00 e. The molecule has 3 aromatic rings. The summed E-state index contributed by atoms with van der Waals surface area (Å²) < 4.78 is 11.4. The topological polar surface area (TPSA) is 79.6 Å². The molecule has 1 heterocycles. The third-order valence-corrected chi connectivity index (χ3v) is 3.30. The molecule has 0 radical (unpaired) electrons. The molecule has 0 fully saturated rings. The van der Waals surface area contributed by atoms with E-state index in [-0.39, 0.29) is 45.9 Å². The molecule has 3 rings (SSSR count). The summed E-state index contributed by atoms with van der Waals surface area (Å²) in [6.07, 6.45) is 0. The molecule has 0 saturated heterocycles. The van der Waals surface area contributed by atoms with Gasteiger partial charge in [-0.1, -0.05) is 0 Å². The number of carbonyl (C=O) groups excluding carboxylic acids is 1. The Bertz CT molecular complexity index is 982. The second kappa shape index (κ2) is 6.59. The zero-order valence-corrected chi connectivity index (χ0v) is 16.0. The molecule has 0 unspecified atom stereocenters. The Morgan fingerprint density at radius 2 is 1.62 bits per heavy atom. The molecule has 0 spiro atoms. The van der Waals surface area contributed by atoms with Crippen molar-refractivity contribution >= 4 is 27.9 Å². The standard InChI is InChI=1S/C18H16O5.Na/c1-18(2,3)23-11-5-7-15-13(9-11)16(19)12-8-10(17(20)21)4-6-14(12)22-15;/h4-9H,1-3H3,(H,20,21);/q;+1/p-1. The fourth-order valence-corrected chi connectivity index (χ4v) is 2.38. The monoisotopic (exact) mass is 334 g/mol. The SMILES string of the molecule is CC(C)(C)Oc1ccc2oc3ccc(C(=O)[O-])cc3c(=O)c2c1.[Na+]. The van der Waals surface area contributed by atoms with E-state index in [2.05, 4.69) is 0 Å². The molecular formula is C18H15NaO5. The molecule has 118 valence electrons. The van der Waals surface area contributed by atoms with Crippen LogP contribution < -0.4 is 44.8 Å². The van der Waals surface area contributed by atoms with E-state index in [4.69, 9.17) is 9.15 Å². The van der Waals surface area contributed by atoms with Gasteiger partial charge in [0.2, 0.25) is 5.43 Å². The predicted octanol–water partition coefficient (Wildman–Crippen LogP) is -0.509. The molecule has 0 amide bonds. The van der Waals surface area contributed by atoms with E-state index in [9.17, 15) is 14.7 Å². The molecule has 0 atom stereocenters. The summed E-state index contributed by atoms with van der Waals surface area (Å²) in [6.45, 7) is 5.73. The van der Waals surface area contributed by atoms with Crippen molar-refractivity contribution in [3.8, 4) is 5.75 Å². The van der Waals surface area contributed by atoms with Gasteiger partial charge in [0.25, 0.3) is 0 Å². The van der Waals surface area contributed by atoms with Crippen LogP contribution in [0.2, 0.25) is 0 Å². The Morgan fingerprint density at radius 3 is 2.21 bits per heavy atom. The molecule has 0 aliphatic rings. The van der Waals surface area contributed by atoms with E-state index < -0.39 is 11.6 Å². The quantitative estimate of drug-likeness (QED) is 0.466. The van der Waals surface area contributed by atoms with Crippen molar-refractivity contribution in [2.24, 2.45) is 0 Å². The number of hydrogen-bond acceptors (Lipinski definition) is 5. The van der Waals surface area contributed by atoms with Crippen molar-refractivity contribution in [1.82, 2.24) is 0 Å². The van der Waals surface area contributed by atoms with Gasteiger partial charge in [0.05, 0.1) is 16.7 Å². The number of carbonyl (C=O) groups is 1. The molecule has 2 aromatic carbocycles. The molecule has 5 nitrogen and oxygen atoms in total. The summed E-state index contributed by atoms with van der Waals surface area (Å²) >= 11 is 0. The van der Waals surface area contributed by atoms with E-state index >= 15 is 0 Å². The minimum Gasteiger partial charge on any atom is -0.545 e. The summed E-state index contributed by atoms with van der Waals surface area (Å²) in [4.78, 5) is 23.6. The summed E-state index contributed by atoms with van der Waals surface area (Å²) in [7, 11) is 0. The summed E-state index contributed by atoms with van der Waals surface area (Å²) in [5, 5.41) is 11.5. The number of rotatable bonds is 2. The number of carboxylic acid groups (broad SMARTS) is 1. The Labute approximate surface area is 160 Å². The van der Waals surface area contributed by atoms with E-state index in [0.717, 1.165) is 0 Å². The van der Waals surface area contributed by atoms with Gasteiger partial charge in [-0.15, -0.1) is 0 Å². The van der Waals surface area contributed by atoms with Gasteiger partial charge >= 0.3 is 29.6 Å². The third-order valence-electron chi connectivity index (χ3n) is 3.30. The van der Waals surface area contributed by atoms with Crippen LogP contribution >= 0.6 is 0 Å². The number of ether oxygens (including phenoxy) is 1. The van der Waals surface area contributed by atoms with Crippen LogP contribution in [-0.4, -0.2) is 11.6 Å². The summed E-state index contributed by atoms with van der Waals surface area (Å²) in [5.41, 5.74) is -0.00995. The summed E-state index contributed by atoms with van der Waals surface area (Å²) in [5.74, 6) is -0.788. The average molecular weight is 334 g/mol. The molecular weight excluding hydrogens is 319 g/mol. The smallest absolute Gasteiger partial charge is 0.545 e. The summed E-state index contributed by atoms with van der Waals surface area (Å²) in [6, 6.07) is 9.09. The minimum atomic E-state index is -1.34. The third kappa shape index (κ3) is 3.64. The zero-order valence-electron chi connectivity index (χ0n) is 14.0. The van der Waals surface area contributed by atoms with E-state index in [1.807, 2.05) is 20.8 Å². The fourth-order valence-electron chi connectivity index (χ4n) is 2.38. The molecule has 0 N–H and O–H groups in total. The Balaban J connectivity index is 0.00000208. The van der Waals surface area contributed by atoms with Crippen LogP contribution in [0.15, 0.2) is 45.6 Å². The Morgan fingerprint density at radius 1 is 1.04 bits per heavy atom. The Hall–Kier alpha value is -1.82. The van der Waals surface area contributed by atoms with Gasteiger partial charge in [-0.2, -0.15) is 0 Å². The van der Waals surface area contributed by atoms with Gasteiger partial charge < -0.3 is 19.1 Å². The van der Waals surface area contributed by atoms with Gasteiger partial charge in [0.1, 0.15) is 22.5 Å². The van der Waals surface area contributed by atoms with Gasteiger partial charge in [-0.25, -0.2) is 0 Å². The van der Waals surface area contributed by atoms with Crippen LogP contribution in [0.3, 0.4) is 0 Å². The van der Waals surface area contributed by atoms with Crippen molar-refractivity contribution in [2.75, 3.05) is 0 Å². The second-order valence-electron chi connectivity index (χ2n) is 6.30. The van der Waals surface area contributed by atoms with E-state index in [1.54, 1.807) is 18.2 Å². The molecule has 0 bridgehead atoms. The van der Waals surface area contributed by atoms with Crippen LogP contribution in [-0.2, 0) is 0 Å². The number of hydrogen-bond donors (Lipinski definition) is 0. The molecule has 0 saturated carbocycles. The van der Waals surface area contributed by atoms with Gasteiger partial charge in [0, 0.05) is 0 Å². The van der Waals surface area contributed by atoms with Crippen molar-refractivity contribution in [1.29, 1.82) is 0 Å². The van der Waals surface area contributed by atoms with Gasteiger partial charge in [-0.3, -0.25) is 4.79 Å². The van der Waals surface area contributed by atoms with Crippen molar-refractivity contribution in [3.63, 3.8) is 0 Å². The van der Waals surface area contributed by atoms with Crippen molar-refractivity contribution in [2.45, 2.75) is 26.4 Å². The molecule has 24 heavy (non-hydrogen) atoms. The fraction of sp³-hybridized carbons (Fsp3) is 0.222. The molecule has 1 aromatic heterocycles. The van der Waals surface area contributed by atoms with Crippen molar-refractivity contribution in [3.05, 3.63) is 52.2 Å². The van der Waals surface area contributed by atoms with E-state index in [0.29, 0.717) is 22.3 Å². The first-order valence-electron chi connectivity index (χ1n) is 7.15. The van der Waals surface area contributed by atoms with Crippen LogP contribution in [0.25, 0.3) is 21.9 Å². The number of benzene rings is 2. The van der Waals surface area contributed by atoms with Crippen LogP contribution in [0, 0.1) is 0 Å². The van der Waals surface area contributed by atoms with Crippen LogP contribution in [0.5, 0.6) is 5.75 Å². The molecule has 0 aliphatic carbocycles. The van der Waals surface area contributed by atoms with Crippen molar-refractivity contribution < 1.29 is 48.6 Å². The first-order valence-corrected chi connectivity index (χ1v) is 7.15. The van der Waals surface area contributed by atoms with Crippen LogP contribution in [0.1, 0.15) is 31.1 Å². The maximum atomic E-state index is 12.7. The first-order chi connectivity index (χ1) is 10.7. The second-order valence-corrected chi connectivity index (χ2v) is 6.30. The normalized spacial score (nSPS) is 11.3. The van der Waals surface area contributed by atoms with Crippen LogP contribution in [0.4, 0.5) is 0 Å². The first kappa shape index (κ1) is 18.5. The number of carboxylic acids is 1. The maximum absolute atomic E-state index is 12.7. The zero-order chi connectivity index (χ0) is 16.8. The molecule has 0 aliphatic heterocycles. The average Bonchev–Trinajstić information content (AvgIpc) is 2.46.